The zero-order valence-electron chi connectivity index (χ0n) is 17.7. The van der Waals surface area contributed by atoms with E-state index in [-0.39, 0.29) is 12.5 Å². The number of urea groups is 1. The Balaban J connectivity index is 1.42. The highest BCUT2D eigenvalue weighted by atomic mass is 32.1. The second-order valence-corrected chi connectivity index (χ2v) is 8.88. The third kappa shape index (κ3) is 7.15. The summed E-state index contributed by atoms with van der Waals surface area (Å²) in [4.78, 5) is 27.7. The van der Waals surface area contributed by atoms with E-state index < -0.39 is 6.03 Å². The van der Waals surface area contributed by atoms with Gasteiger partial charge in [-0.3, -0.25) is 15.0 Å². The van der Waals surface area contributed by atoms with Gasteiger partial charge in [0.1, 0.15) is 0 Å². The van der Waals surface area contributed by atoms with Gasteiger partial charge in [-0.1, -0.05) is 43.5 Å². The molecule has 0 unspecified atom stereocenters. The molecule has 3 N–H and O–H groups in total. The molecule has 1 aromatic heterocycles. The molecule has 0 spiro atoms. The van der Waals surface area contributed by atoms with Crippen LogP contribution in [-0.4, -0.2) is 43.0 Å². The smallest absolute Gasteiger partial charge is 0.321 e. The molecule has 0 atom stereocenters. The summed E-state index contributed by atoms with van der Waals surface area (Å²) in [5.41, 5.74) is 2.10. The normalized spacial score (nSPS) is 14.5. The van der Waals surface area contributed by atoms with Crippen molar-refractivity contribution in [2.45, 2.75) is 51.1 Å². The molecular weight excluding hydrogens is 396 g/mol. The maximum Gasteiger partial charge on any atom is 0.321 e. The Hall–Kier alpha value is -2.38. The molecule has 1 saturated carbocycles. The van der Waals surface area contributed by atoms with Gasteiger partial charge in [-0.05, 0) is 49.4 Å². The predicted molar refractivity (Wildman–Crippen MR) is 123 cm³/mol. The highest BCUT2D eigenvalue weighted by molar-refractivity contribution is 7.09. The fourth-order valence-electron chi connectivity index (χ4n) is 3.89. The number of anilines is 1. The number of rotatable bonds is 9. The van der Waals surface area contributed by atoms with E-state index in [1.807, 2.05) is 35.7 Å². The van der Waals surface area contributed by atoms with Gasteiger partial charge in [-0.25, -0.2) is 4.79 Å². The van der Waals surface area contributed by atoms with E-state index in [1.54, 1.807) is 11.3 Å². The fourth-order valence-corrected chi connectivity index (χ4v) is 4.60. The lowest BCUT2D eigenvalue weighted by Gasteiger charge is -2.31. The van der Waals surface area contributed by atoms with Crippen LogP contribution in [0.4, 0.5) is 10.5 Å². The molecule has 1 aliphatic rings. The number of thiophene rings is 1. The molecule has 2 aromatic rings. The van der Waals surface area contributed by atoms with Crippen molar-refractivity contribution < 1.29 is 9.59 Å². The lowest BCUT2D eigenvalue weighted by atomic mass is 9.94. The highest BCUT2D eigenvalue weighted by Crippen LogP contribution is 2.24. The molecule has 0 bridgehead atoms. The molecule has 6 nitrogen and oxygen atoms in total. The van der Waals surface area contributed by atoms with Gasteiger partial charge >= 0.3 is 6.03 Å². The van der Waals surface area contributed by atoms with Crippen molar-refractivity contribution >= 4 is 29.0 Å². The maximum absolute atomic E-state index is 12.2. The Labute approximate surface area is 183 Å². The quantitative estimate of drug-likeness (QED) is 0.565. The average molecular weight is 429 g/mol. The Bertz CT molecular complexity index is 803. The van der Waals surface area contributed by atoms with Crippen LogP contribution in [0.1, 0.15) is 42.5 Å². The summed E-state index contributed by atoms with van der Waals surface area (Å²) in [7, 11) is 2.18. The number of benzene rings is 1. The number of hydrogen-bond donors (Lipinski definition) is 3. The van der Waals surface area contributed by atoms with Crippen LogP contribution in [0, 0.1) is 0 Å². The lowest BCUT2D eigenvalue weighted by molar-refractivity contribution is -0.118. The van der Waals surface area contributed by atoms with E-state index in [0.717, 1.165) is 18.7 Å². The zero-order chi connectivity index (χ0) is 21.2. The number of carbonyl (C=O) groups excluding carboxylic acids is 2. The summed E-state index contributed by atoms with van der Waals surface area (Å²) < 4.78 is 0. The fraction of sp³-hybridized carbons (Fsp3) is 0.478. The molecular formula is C23H32N4O2S. The molecule has 1 aromatic carbocycles. The topological polar surface area (TPSA) is 73.5 Å². The number of amides is 3. The lowest BCUT2D eigenvalue weighted by Crippen LogP contribution is -2.42. The van der Waals surface area contributed by atoms with Gasteiger partial charge in [-0.15, -0.1) is 11.3 Å². The minimum absolute atomic E-state index is 0.0580. The van der Waals surface area contributed by atoms with Gasteiger partial charge in [0.25, 0.3) is 0 Å². The third-order valence-corrected chi connectivity index (χ3v) is 6.50. The largest absolute Gasteiger partial charge is 0.376 e. The molecule has 0 aliphatic heterocycles. The summed E-state index contributed by atoms with van der Waals surface area (Å²) in [5.74, 6) is -0.348. The molecule has 30 heavy (non-hydrogen) atoms. The van der Waals surface area contributed by atoms with E-state index in [0.29, 0.717) is 12.6 Å². The van der Waals surface area contributed by atoms with Gasteiger partial charge in [0, 0.05) is 29.7 Å². The van der Waals surface area contributed by atoms with Crippen LogP contribution < -0.4 is 16.0 Å². The molecule has 1 heterocycles. The van der Waals surface area contributed by atoms with E-state index in [9.17, 15) is 9.59 Å². The van der Waals surface area contributed by atoms with Crippen LogP contribution in [-0.2, 0) is 17.8 Å². The second-order valence-electron chi connectivity index (χ2n) is 7.85. The number of para-hydroxylation sites is 1. The van der Waals surface area contributed by atoms with Gasteiger partial charge in [0.15, 0.2) is 0 Å². The molecule has 3 amide bonds. The number of carbonyl (C=O) groups is 2. The van der Waals surface area contributed by atoms with E-state index in [1.165, 1.54) is 42.5 Å². The van der Waals surface area contributed by atoms with Crippen molar-refractivity contribution in [2.75, 3.05) is 25.5 Å². The standard InChI is InChI=1S/C23H32N4O2S/c1-27(19-9-3-2-4-10-19)17-18-8-5-6-12-21(18)25-16-22(28)26-23(29)24-14-13-20-11-7-15-30-20/h5-8,11-12,15,19,25H,2-4,9-10,13-14,16-17H2,1H3,(H2,24,26,28,29). The van der Waals surface area contributed by atoms with E-state index in [2.05, 4.69) is 34.0 Å². The predicted octanol–water partition coefficient (Wildman–Crippen LogP) is 3.99. The van der Waals surface area contributed by atoms with Crippen LogP contribution in [0.25, 0.3) is 0 Å². The third-order valence-electron chi connectivity index (χ3n) is 5.56. The van der Waals surface area contributed by atoms with Gasteiger partial charge in [0.05, 0.1) is 6.54 Å². The van der Waals surface area contributed by atoms with Crippen LogP contribution in [0.5, 0.6) is 0 Å². The summed E-state index contributed by atoms with van der Waals surface area (Å²) >= 11 is 1.66. The Morgan fingerprint density at radius 3 is 2.67 bits per heavy atom. The maximum atomic E-state index is 12.2. The summed E-state index contributed by atoms with van der Waals surface area (Å²) in [6, 6.07) is 12.3. The SMILES string of the molecule is CN(Cc1ccccc1NCC(=O)NC(=O)NCCc1cccs1)C1CCCCC1. The number of nitrogens with one attached hydrogen (secondary N) is 3. The number of hydrogen-bond acceptors (Lipinski definition) is 5. The summed E-state index contributed by atoms with van der Waals surface area (Å²) in [6.07, 6.45) is 7.25. The molecule has 1 aliphatic carbocycles. The van der Waals surface area contributed by atoms with Crippen molar-refractivity contribution in [3.63, 3.8) is 0 Å². The second kappa shape index (κ2) is 11.7. The van der Waals surface area contributed by atoms with Crippen LogP contribution in [0.2, 0.25) is 0 Å². The van der Waals surface area contributed by atoms with Crippen LogP contribution in [0.3, 0.4) is 0 Å². The Morgan fingerprint density at radius 2 is 1.90 bits per heavy atom. The molecule has 7 heteroatoms. The Kier molecular flexibility index (Phi) is 8.71. The van der Waals surface area contributed by atoms with Gasteiger partial charge in [-0.2, -0.15) is 0 Å². The number of imide groups is 1. The first-order chi connectivity index (χ1) is 14.6. The van der Waals surface area contributed by atoms with Crippen LogP contribution in [0.15, 0.2) is 41.8 Å². The van der Waals surface area contributed by atoms with Crippen molar-refractivity contribution in [2.24, 2.45) is 0 Å². The van der Waals surface area contributed by atoms with Gasteiger partial charge in [0.2, 0.25) is 5.91 Å². The first kappa shape index (κ1) is 22.3. The number of nitrogens with zero attached hydrogens (tertiary/aromatic N) is 1. The average Bonchev–Trinajstić information content (AvgIpc) is 3.27. The van der Waals surface area contributed by atoms with Crippen molar-refractivity contribution in [3.8, 4) is 0 Å². The summed E-state index contributed by atoms with van der Waals surface area (Å²) in [6.45, 7) is 1.41. The van der Waals surface area contributed by atoms with Crippen molar-refractivity contribution in [3.05, 3.63) is 52.2 Å². The Morgan fingerprint density at radius 1 is 1.10 bits per heavy atom. The molecule has 162 valence electrons. The molecule has 3 rings (SSSR count). The minimum Gasteiger partial charge on any atom is -0.376 e. The first-order valence-corrected chi connectivity index (χ1v) is 11.6. The van der Waals surface area contributed by atoms with Crippen LogP contribution >= 0.6 is 11.3 Å². The first-order valence-electron chi connectivity index (χ1n) is 10.7. The molecule has 1 fully saturated rings. The minimum atomic E-state index is -0.455. The van der Waals surface area contributed by atoms with Gasteiger partial charge < -0.3 is 10.6 Å². The van der Waals surface area contributed by atoms with Crippen molar-refractivity contribution in [1.29, 1.82) is 0 Å². The van der Waals surface area contributed by atoms with E-state index in [4.69, 9.17) is 0 Å². The monoisotopic (exact) mass is 428 g/mol. The molecule has 0 radical (unpaired) electrons. The zero-order valence-corrected chi connectivity index (χ0v) is 18.5. The van der Waals surface area contributed by atoms with Crippen molar-refractivity contribution in [1.82, 2.24) is 15.5 Å². The summed E-state index contributed by atoms with van der Waals surface area (Å²) in [5, 5.41) is 10.3. The highest BCUT2D eigenvalue weighted by Gasteiger charge is 2.19. The van der Waals surface area contributed by atoms with E-state index >= 15 is 0 Å². The molecule has 0 saturated heterocycles.